The highest BCUT2D eigenvalue weighted by Gasteiger charge is 2.52. The van der Waals surface area contributed by atoms with E-state index in [9.17, 15) is 14.7 Å². The number of amides is 3. The van der Waals surface area contributed by atoms with Gasteiger partial charge in [0.15, 0.2) is 5.54 Å². The number of halogens is 1. The number of hydrogen-bond acceptors (Lipinski definition) is 4. The molecule has 2 atom stereocenters. The molecule has 1 aliphatic rings. The fourth-order valence-electron chi connectivity index (χ4n) is 3.82. The topological polar surface area (TPSA) is 78.9 Å². The van der Waals surface area contributed by atoms with E-state index >= 15 is 0 Å². The number of ether oxygens (including phenoxy) is 1. The summed E-state index contributed by atoms with van der Waals surface area (Å²) < 4.78 is 6.51. The molecule has 0 radical (unpaired) electrons. The van der Waals surface area contributed by atoms with Crippen molar-refractivity contribution in [2.75, 3.05) is 13.2 Å². The minimum absolute atomic E-state index is 0.0459. The summed E-state index contributed by atoms with van der Waals surface area (Å²) in [6.07, 6.45) is -0.721. The molecular weight excluding hydrogens is 472 g/mol. The first-order chi connectivity index (χ1) is 15.5. The van der Waals surface area contributed by atoms with Crippen molar-refractivity contribution in [1.29, 1.82) is 0 Å². The van der Waals surface area contributed by atoms with Crippen LogP contribution in [0.5, 0.6) is 5.75 Å². The van der Waals surface area contributed by atoms with Crippen LogP contribution in [0.4, 0.5) is 4.79 Å². The Labute approximate surface area is 195 Å². The molecule has 3 aromatic carbocycles. The molecule has 3 amide bonds. The number of aliphatic hydroxyl groups excluding tert-OH is 1. The fourth-order valence-corrected chi connectivity index (χ4v) is 4.09. The van der Waals surface area contributed by atoms with E-state index in [1.54, 1.807) is 12.1 Å². The number of rotatable bonds is 8. The average Bonchev–Trinajstić information content (AvgIpc) is 3.05. The number of benzene rings is 3. The van der Waals surface area contributed by atoms with E-state index in [4.69, 9.17) is 4.74 Å². The fraction of sp³-hybridized carbons (Fsp3) is 0.200. The third-order valence-electron chi connectivity index (χ3n) is 5.40. The molecule has 1 saturated heterocycles. The maximum absolute atomic E-state index is 13.6. The number of nitrogens with one attached hydrogen (secondary N) is 1. The van der Waals surface area contributed by atoms with Crippen LogP contribution in [0.2, 0.25) is 0 Å². The Morgan fingerprint density at radius 3 is 2.22 bits per heavy atom. The Morgan fingerprint density at radius 1 is 0.938 bits per heavy atom. The predicted molar refractivity (Wildman–Crippen MR) is 124 cm³/mol. The van der Waals surface area contributed by atoms with Gasteiger partial charge in [-0.25, -0.2) is 4.79 Å². The molecule has 0 aromatic heterocycles. The lowest BCUT2D eigenvalue weighted by Crippen LogP contribution is -2.46. The second kappa shape index (κ2) is 9.54. The zero-order chi connectivity index (χ0) is 22.6. The molecule has 1 aliphatic heterocycles. The van der Waals surface area contributed by atoms with E-state index in [1.165, 1.54) is 0 Å². The van der Waals surface area contributed by atoms with Crippen molar-refractivity contribution in [3.05, 3.63) is 101 Å². The number of nitrogens with zero attached hydrogens (tertiary/aromatic N) is 1. The first-order valence-electron chi connectivity index (χ1n) is 10.3. The maximum Gasteiger partial charge on any atom is 0.325 e. The number of carbonyl (C=O) groups excluding carboxylic acids is 2. The van der Waals surface area contributed by atoms with Crippen molar-refractivity contribution in [2.45, 2.75) is 18.1 Å². The van der Waals surface area contributed by atoms with Crippen LogP contribution in [-0.4, -0.2) is 41.2 Å². The van der Waals surface area contributed by atoms with Crippen molar-refractivity contribution in [2.24, 2.45) is 0 Å². The molecule has 32 heavy (non-hydrogen) atoms. The summed E-state index contributed by atoms with van der Waals surface area (Å²) in [7, 11) is 0. The van der Waals surface area contributed by atoms with Gasteiger partial charge in [0.25, 0.3) is 5.91 Å². The minimum Gasteiger partial charge on any atom is -0.491 e. The summed E-state index contributed by atoms with van der Waals surface area (Å²) in [5.41, 5.74) is 0.391. The lowest BCUT2D eigenvalue weighted by atomic mass is 9.83. The van der Waals surface area contributed by atoms with Gasteiger partial charge in [-0.15, -0.1) is 0 Å². The van der Waals surface area contributed by atoms with E-state index in [0.29, 0.717) is 17.7 Å². The van der Waals surface area contributed by atoms with Crippen LogP contribution in [0, 0.1) is 0 Å². The predicted octanol–water partition coefficient (Wildman–Crippen LogP) is 3.88. The van der Waals surface area contributed by atoms with E-state index < -0.39 is 17.7 Å². The second-order valence-corrected chi connectivity index (χ2v) is 8.61. The highest BCUT2D eigenvalue weighted by Crippen LogP contribution is 2.33. The largest absolute Gasteiger partial charge is 0.491 e. The Morgan fingerprint density at radius 2 is 1.56 bits per heavy atom. The van der Waals surface area contributed by atoms with Crippen LogP contribution >= 0.6 is 15.9 Å². The number of aliphatic hydroxyl groups is 1. The van der Waals surface area contributed by atoms with Gasteiger partial charge in [0.1, 0.15) is 18.5 Å². The second-order valence-electron chi connectivity index (χ2n) is 7.70. The summed E-state index contributed by atoms with van der Waals surface area (Å²) in [4.78, 5) is 27.5. The number of carbonyl (C=O) groups is 2. The first kappa shape index (κ1) is 22.0. The van der Waals surface area contributed by atoms with E-state index in [2.05, 4.69) is 21.2 Å². The Hall–Kier alpha value is -3.16. The van der Waals surface area contributed by atoms with E-state index in [1.807, 2.05) is 72.8 Å². The number of β-amino-alcohol motifs (C(OH)–C–C–N with tert-alkyl or cyclic N) is 1. The van der Waals surface area contributed by atoms with Crippen molar-refractivity contribution in [1.82, 2.24) is 10.2 Å². The molecule has 0 spiro atoms. The molecule has 164 valence electrons. The zero-order valence-corrected chi connectivity index (χ0v) is 18.9. The van der Waals surface area contributed by atoms with Crippen molar-refractivity contribution >= 4 is 27.9 Å². The summed E-state index contributed by atoms with van der Waals surface area (Å²) in [5.74, 6) is 0.201. The van der Waals surface area contributed by atoms with Gasteiger partial charge >= 0.3 is 6.03 Å². The smallest absolute Gasteiger partial charge is 0.325 e. The minimum atomic E-state index is -1.23. The lowest BCUT2D eigenvalue weighted by Gasteiger charge is -2.28. The summed E-state index contributed by atoms with van der Waals surface area (Å²) in [6, 6.07) is 25.4. The number of hydrogen-bond donors (Lipinski definition) is 2. The maximum atomic E-state index is 13.6. The van der Waals surface area contributed by atoms with Gasteiger partial charge in [0.05, 0.1) is 6.54 Å². The van der Waals surface area contributed by atoms with Crippen LogP contribution in [0.1, 0.15) is 11.1 Å². The zero-order valence-electron chi connectivity index (χ0n) is 17.3. The van der Waals surface area contributed by atoms with Crippen LogP contribution in [-0.2, 0) is 16.8 Å². The molecule has 7 heteroatoms. The van der Waals surface area contributed by atoms with Gasteiger partial charge in [-0.05, 0) is 35.4 Å². The molecule has 6 nitrogen and oxygen atoms in total. The van der Waals surface area contributed by atoms with Crippen LogP contribution in [0.3, 0.4) is 0 Å². The highest BCUT2D eigenvalue weighted by atomic mass is 79.9. The van der Waals surface area contributed by atoms with Crippen molar-refractivity contribution in [3.8, 4) is 5.75 Å². The third kappa shape index (κ3) is 4.69. The van der Waals surface area contributed by atoms with Gasteiger partial charge in [-0.3, -0.25) is 9.69 Å². The monoisotopic (exact) mass is 494 g/mol. The molecule has 4 rings (SSSR count). The average molecular weight is 495 g/mol. The third-order valence-corrected chi connectivity index (χ3v) is 5.93. The molecule has 0 aliphatic carbocycles. The SMILES string of the molecule is O=C1N[C@@](Cc2ccccc2)(c2ccccc2)C(=O)N1C[C@H](O)COc1ccc(Br)cc1. The van der Waals surface area contributed by atoms with Gasteiger partial charge in [0.2, 0.25) is 0 Å². The molecule has 0 unspecified atom stereocenters. The normalized spacial score (nSPS) is 19.0. The van der Waals surface area contributed by atoms with Crippen LogP contribution in [0.25, 0.3) is 0 Å². The summed E-state index contributed by atoms with van der Waals surface area (Å²) in [5, 5.41) is 13.4. The Bertz CT molecular complexity index is 1080. The standard InChI is InChI=1S/C25H23BrN2O4/c26-20-11-13-22(14-12-20)32-17-21(29)16-28-23(30)25(27-24(28)31,19-9-5-2-6-10-19)15-18-7-3-1-4-8-18/h1-14,21,29H,15-17H2,(H,27,31)/t21-,25-/m0/s1. The molecule has 0 saturated carbocycles. The van der Waals surface area contributed by atoms with Gasteiger partial charge < -0.3 is 15.2 Å². The molecule has 1 fully saturated rings. The quantitative estimate of drug-likeness (QED) is 0.465. The van der Waals surface area contributed by atoms with Crippen molar-refractivity contribution < 1.29 is 19.4 Å². The highest BCUT2D eigenvalue weighted by molar-refractivity contribution is 9.10. The summed E-state index contributed by atoms with van der Waals surface area (Å²) >= 11 is 3.36. The van der Waals surface area contributed by atoms with Gasteiger partial charge in [0, 0.05) is 10.9 Å². The first-order valence-corrected chi connectivity index (χ1v) is 11.1. The van der Waals surface area contributed by atoms with Crippen LogP contribution in [0.15, 0.2) is 89.4 Å². The van der Waals surface area contributed by atoms with E-state index in [-0.39, 0.29) is 19.1 Å². The molecule has 0 bridgehead atoms. The molecule has 2 N–H and O–H groups in total. The van der Waals surface area contributed by atoms with Gasteiger partial charge in [-0.2, -0.15) is 0 Å². The molecule has 3 aromatic rings. The van der Waals surface area contributed by atoms with Gasteiger partial charge in [-0.1, -0.05) is 76.6 Å². The van der Waals surface area contributed by atoms with E-state index in [0.717, 1.165) is 14.9 Å². The Kier molecular flexibility index (Phi) is 6.58. The Balaban J connectivity index is 1.52. The molecule has 1 heterocycles. The van der Waals surface area contributed by atoms with Crippen LogP contribution < -0.4 is 10.1 Å². The number of imide groups is 1. The summed E-state index contributed by atoms with van der Waals surface area (Å²) in [6.45, 7) is -0.208. The molecular formula is C25H23BrN2O4. The number of urea groups is 1. The van der Waals surface area contributed by atoms with Crippen molar-refractivity contribution in [3.63, 3.8) is 0 Å². The lowest BCUT2D eigenvalue weighted by molar-refractivity contribution is -0.132.